The van der Waals surface area contributed by atoms with E-state index in [-0.39, 0.29) is 6.04 Å². The van der Waals surface area contributed by atoms with Gasteiger partial charge in [0.25, 0.3) is 0 Å². The third kappa shape index (κ3) is 2.46. The highest BCUT2D eigenvalue weighted by molar-refractivity contribution is 9.10. The second-order valence-corrected chi connectivity index (χ2v) is 5.23. The average Bonchev–Trinajstić information content (AvgIpc) is 2.98. The van der Waals surface area contributed by atoms with Crippen molar-refractivity contribution in [1.29, 1.82) is 0 Å². The molecule has 0 aliphatic heterocycles. The maximum absolute atomic E-state index is 4.22. The van der Waals surface area contributed by atoms with Gasteiger partial charge >= 0.3 is 0 Å². The molecule has 0 aliphatic carbocycles. The highest BCUT2D eigenvalue weighted by Gasteiger charge is 2.14. The molecule has 0 unspecified atom stereocenters. The first-order chi connectivity index (χ1) is 9.75. The number of hydrogen-bond acceptors (Lipinski definition) is 4. The molecule has 0 N–H and O–H groups in total. The van der Waals surface area contributed by atoms with Gasteiger partial charge in [-0.3, -0.25) is 9.97 Å². The minimum absolute atomic E-state index is 0.0866. The summed E-state index contributed by atoms with van der Waals surface area (Å²) in [6, 6.07) is 8.18. The van der Waals surface area contributed by atoms with Crippen LogP contribution in [0.25, 0.3) is 11.4 Å². The summed E-state index contributed by atoms with van der Waals surface area (Å²) in [4.78, 5) is 8.26. The summed E-state index contributed by atoms with van der Waals surface area (Å²) < 4.78 is 2.88. The summed E-state index contributed by atoms with van der Waals surface area (Å²) >= 11 is 3.56. The summed E-state index contributed by atoms with van der Waals surface area (Å²) in [5, 5.41) is 8.35. The van der Waals surface area contributed by atoms with Crippen LogP contribution in [0.4, 0.5) is 0 Å². The van der Waals surface area contributed by atoms with E-state index in [1.54, 1.807) is 18.6 Å². The fourth-order valence-electron chi connectivity index (χ4n) is 1.97. The minimum Gasteiger partial charge on any atom is -0.261 e. The van der Waals surface area contributed by atoms with Crippen LogP contribution in [0.2, 0.25) is 0 Å². The molecule has 5 nitrogen and oxygen atoms in total. The van der Waals surface area contributed by atoms with E-state index in [4.69, 9.17) is 0 Å². The second-order valence-electron chi connectivity index (χ2n) is 4.37. The van der Waals surface area contributed by atoms with Crippen molar-refractivity contribution < 1.29 is 0 Å². The highest BCUT2D eigenvalue weighted by Crippen LogP contribution is 2.26. The number of nitrogens with zero attached hydrogens (tertiary/aromatic N) is 5. The van der Waals surface area contributed by atoms with E-state index in [1.807, 2.05) is 29.1 Å². The smallest absolute Gasteiger partial charge is 0.133 e. The summed E-state index contributed by atoms with van der Waals surface area (Å²) in [5.41, 5.74) is 2.60. The molecular weight excluding hydrogens is 318 g/mol. The molecule has 0 saturated carbocycles. The third-order valence-corrected chi connectivity index (χ3v) is 3.81. The molecule has 0 saturated heterocycles. The van der Waals surface area contributed by atoms with Crippen LogP contribution in [0, 0.1) is 0 Å². The zero-order valence-electron chi connectivity index (χ0n) is 10.8. The third-order valence-electron chi connectivity index (χ3n) is 3.09. The Labute approximate surface area is 124 Å². The number of halogens is 1. The fourth-order valence-corrected chi connectivity index (χ4v) is 2.59. The van der Waals surface area contributed by atoms with E-state index in [2.05, 4.69) is 49.2 Å². The standard InChI is InChI=1S/C14H12BrN5/c1-10(11-4-2-3-5-12(11)15)20-9-14(18-19-20)13-8-16-6-7-17-13/h2-10H,1H3/t10-/m1/s1. The minimum atomic E-state index is 0.0866. The van der Waals surface area contributed by atoms with Gasteiger partial charge in [-0.1, -0.05) is 39.3 Å². The van der Waals surface area contributed by atoms with Gasteiger partial charge in [0.2, 0.25) is 0 Å². The summed E-state index contributed by atoms with van der Waals surface area (Å²) in [7, 11) is 0. The number of aromatic nitrogens is 5. The molecule has 20 heavy (non-hydrogen) atoms. The van der Waals surface area contributed by atoms with Crippen LogP contribution in [0.15, 0.2) is 53.5 Å². The van der Waals surface area contributed by atoms with Gasteiger partial charge in [-0.25, -0.2) is 4.68 Å². The lowest BCUT2D eigenvalue weighted by Gasteiger charge is -2.13. The molecule has 1 aromatic carbocycles. The number of hydrogen-bond donors (Lipinski definition) is 0. The van der Waals surface area contributed by atoms with Crippen LogP contribution in [0.5, 0.6) is 0 Å². The second kappa shape index (κ2) is 5.50. The van der Waals surface area contributed by atoms with Crippen molar-refractivity contribution in [3.05, 3.63) is 59.1 Å². The Balaban J connectivity index is 1.93. The largest absolute Gasteiger partial charge is 0.261 e. The normalized spacial score (nSPS) is 12.3. The fraction of sp³-hybridized carbons (Fsp3) is 0.143. The maximum atomic E-state index is 4.22. The van der Waals surface area contributed by atoms with Crippen molar-refractivity contribution in [2.24, 2.45) is 0 Å². The first kappa shape index (κ1) is 12.9. The molecule has 100 valence electrons. The van der Waals surface area contributed by atoms with E-state index in [9.17, 15) is 0 Å². The number of rotatable bonds is 3. The Morgan fingerprint density at radius 3 is 2.75 bits per heavy atom. The van der Waals surface area contributed by atoms with Gasteiger partial charge in [-0.2, -0.15) is 0 Å². The molecule has 0 radical (unpaired) electrons. The van der Waals surface area contributed by atoms with E-state index in [0.717, 1.165) is 21.4 Å². The molecule has 0 amide bonds. The maximum Gasteiger partial charge on any atom is 0.133 e. The molecule has 0 bridgehead atoms. The zero-order chi connectivity index (χ0) is 13.9. The monoisotopic (exact) mass is 329 g/mol. The van der Waals surface area contributed by atoms with Gasteiger partial charge in [0.1, 0.15) is 11.4 Å². The van der Waals surface area contributed by atoms with Crippen LogP contribution in [-0.4, -0.2) is 25.0 Å². The van der Waals surface area contributed by atoms with E-state index < -0.39 is 0 Å². The quantitative estimate of drug-likeness (QED) is 0.740. The Bertz CT molecular complexity index is 710. The molecule has 0 fully saturated rings. The molecule has 0 spiro atoms. The van der Waals surface area contributed by atoms with Crippen molar-refractivity contribution in [3.8, 4) is 11.4 Å². The first-order valence-electron chi connectivity index (χ1n) is 6.18. The Morgan fingerprint density at radius 2 is 2.00 bits per heavy atom. The van der Waals surface area contributed by atoms with Crippen LogP contribution in [0.3, 0.4) is 0 Å². The molecule has 2 aromatic heterocycles. The van der Waals surface area contributed by atoms with E-state index >= 15 is 0 Å². The van der Waals surface area contributed by atoms with Crippen LogP contribution >= 0.6 is 15.9 Å². The SMILES string of the molecule is C[C@H](c1ccccc1Br)n1cc(-c2cnccn2)nn1. The van der Waals surface area contributed by atoms with Crippen LogP contribution in [0.1, 0.15) is 18.5 Å². The lowest BCUT2D eigenvalue weighted by Crippen LogP contribution is -2.08. The van der Waals surface area contributed by atoms with Crippen molar-refractivity contribution >= 4 is 15.9 Å². The van der Waals surface area contributed by atoms with Gasteiger partial charge in [0.15, 0.2) is 0 Å². The molecule has 1 atom stereocenters. The summed E-state index contributed by atoms with van der Waals surface area (Å²) in [6.07, 6.45) is 6.84. The molecule has 3 rings (SSSR count). The molecule has 0 aliphatic rings. The summed E-state index contributed by atoms with van der Waals surface area (Å²) in [6.45, 7) is 2.08. The summed E-state index contributed by atoms with van der Waals surface area (Å²) in [5.74, 6) is 0. The van der Waals surface area contributed by atoms with Gasteiger partial charge in [-0.15, -0.1) is 5.10 Å². The molecule has 3 aromatic rings. The Morgan fingerprint density at radius 1 is 1.15 bits per heavy atom. The van der Waals surface area contributed by atoms with Gasteiger partial charge in [0, 0.05) is 16.9 Å². The van der Waals surface area contributed by atoms with Gasteiger partial charge < -0.3 is 0 Å². The highest BCUT2D eigenvalue weighted by atomic mass is 79.9. The lowest BCUT2D eigenvalue weighted by molar-refractivity contribution is 0.541. The van der Waals surface area contributed by atoms with E-state index in [0.29, 0.717) is 0 Å². The predicted molar refractivity (Wildman–Crippen MR) is 79.0 cm³/mol. The zero-order valence-corrected chi connectivity index (χ0v) is 12.4. The topological polar surface area (TPSA) is 56.5 Å². The average molecular weight is 330 g/mol. The first-order valence-corrected chi connectivity index (χ1v) is 6.97. The lowest BCUT2D eigenvalue weighted by atomic mass is 10.1. The van der Waals surface area contributed by atoms with Crippen molar-refractivity contribution in [3.63, 3.8) is 0 Å². The van der Waals surface area contributed by atoms with Gasteiger partial charge in [-0.05, 0) is 18.6 Å². The molecule has 6 heteroatoms. The Kier molecular flexibility index (Phi) is 3.56. The van der Waals surface area contributed by atoms with Crippen molar-refractivity contribution in [2.45, 2.75) is 13.0 Å². The molecular formula is C14H12BrN5. The van der Waals surface area contributed by atoms with E-state index in [1.165, 1.54) is 0 Å². The predicted octanol–water partition coefficient (Wildman–Crippen LogP) is 3.11. The Hall–Kier alpha value is -2.08. The molecule has 2 heterocycles. The van der Waals surface area contributed by atoms with Crippen molar-refractivity contribution in [2.75, 3.05) is 0 Å². The van der Waals surface area contributed by atoms with Crippen molar-refractivity contribution in [1.82, 2.24) is 25.0 Å². The van der Waals surface area contributed by atoms with Crippen LogP contribution in [-0.2, 0) is 0 Å². The van der Waals surface area contributed by atoms with Crippen LogP contribution < -0.4 is 0 Å². The number of benzene rings is 1. The van der Waals surface area contributed by atoms with Gasteiger partial charge in [0.05, 0.1) is 18.4 Å².